The van der Waals surface area contributed by atoms with Crippen molar-refractivity contribution in [2.24, 2.45) is 0 Å². The van der Waals surface area contributed by atoms with Crippen LogP contribution in [-0.4, -0.2) is 63.4 Å². The fourth-order valence-electron chi connectivity index (χ4n) is 4.58. The van der Waals surface area contributed by atoms with Crippen LogP contribution in [0.15, 0.2) is 53.4 Å². The highest BCUT2D eigenvalue weighted by Crippen LogP contribution is 2.31. The third kappa shape index (κ3) is 4.82. The summed E-state index contributed by atoms with van der Waals surface area (Å²) in [5.74, 6) is 0.601. The van der Waals surface area contributed by atoms with Gasteiger partial charge in [-0.25, -0.2) is 8.42 Å². The fourth-order valence-corrected chi connectivity index (χ4v) is 6.10. The van der Waals surface area contributed by atoms with Crippen molar-refractivity contribution in [3.63, 3.8) is 0 Å². The molecule has 1 atom stereocenters. The number of carbonyl (C=O) groups is 1. The molecular weight excluding hydrogens is 426 g/mol. The number of sulfonamides is 1. The number of hydrogen-bond donors (Lipinski definition) is 1. The number of methoxy groups -OCH3 is 1. The third-order valence-electron chi connectivity index (χ3n) is 6.35. The number of carbonyl (C=O) groups excluding carboxylic acids is 1. The summed E-state index contributed by atoms with van der Waals surface area (Å²) in [6, 6.07) is 14.2. The first-order chi connectivity index (χ1) is 15.5. The van der Waals surface area contributed by atoms with Gasteiger partial charge in [0.1, 0.15) is 5.75 Å². The van der Waals surface area contributed by atoms with Crippen molar-refractivity contribution in [3.05, 3.63) is 59.7 Å². The van der Waals surface area contributed by atoms with Gasteiger partial charge in [-0.1, -0.05) is 18.2 Å². The second-order valence-corrected chi connectivity index (χ2v) is 10.3. The van der Waals surface area contributed by atoms with Crippen LogP contribution >= 0.6 is 0 Å². The van der Waals surface area contributed by atoms with Gasteiger partial charge in [-0.05, 0) is 69.1 Å². The Morgan fingerprint density at radius 1 is 0.969 bits per heavy atom. The standard InChI is InChI=1S/C24H31N3O4S/c1-31-23-9-3-2-8-21(23)22(26-14-4-5-15-26)18-25-24(28)19-10-12-20(13-11-19)32(29,30)27-16-6-7-17-27/h2-3,8-13,22H,4-7,14-18H2,1H3,(H,25,28)/t22-/m1/s1. The fraction of sp³-hybridized carbons (Fsp3) is 0.458. The van der Waals surface area contributed by atoms with Crippen LogP contribution in [0.5, 0.6) is 5.75 Å². The molecule has 0 spiro atoms. The molecule has 4 rings (SSSR count). The van der Waals surface area contributed by atoms with Crippen LogP contribution in [-0.2, 0) is 10.0 Å². The molecule has 8 heteroatoms. The Labute approximate surface area is 190 Å². The maximum atomic E-state index is 12.8. The molecule has 0 radical (unpaired) electrons. The number of para-hydroxylation sites is 1. The van der Waals surface area contributed by atoms with Crippen LogP contribution in [0.25, 0.3) is 0 Å². The number of rotatable bonds is 8. The Morgan fingerprint density at radius 2 is 1.59 bits per heavy atom. The predicted octanol–water partition coefficient (Wildman–Crippen LogP) is 3.05. The molecule has 2 aliphatic heterocycles. The summed E-state index contributed by atoms with van der Waals surface area (Å²) in [6.07, 6.45) is 4.08. The largest absolute Gasteiger partial charge is 0.496 e. The molecule has 0 bridgehead atoms. The van der Waals surface area contributed by atoms with E-state index in [9.17, 15) is 13.2 Å². The third-order valence-corrected chi connectivity index (χ3v) is 8.27. The lowest BCUT2D eigenvalue weighted by Crippen LogP contribution is -2.37. The second-order valence-electron chi connectivity index (χ2n) is 8.35. The van der Waals surface area contributed by atoms with Gasteiger partial charge in [-0.15, -0.1) is 0 Å². The Hall–Kier alpha value is -2.42. The lowest BCUT2D eigenvalue weighted by atomic mass is 10.0. The van der Waals surface area contributed by atoms with Gasteiger partial charge in [0.2, 0.25) is 10.0 Å². The van der Waals surface area contributed by atoms with Crippen LogP contribution in [0, 0.1) is 0 Å². The van der Waals surface area contributed by atoms with Gasteiger partial charge < -0.3 is 10.1 Å². The highest BCUT2D eigenvalue weighted by molar-refractivity contribution is 7.89. The highest BCUT2D eigenvalue weighted by atomic mass is 32.2. The van der Waals surface area contributed by atoms with E-state index in [2.05, 4.69) is 10.2 Å². The van der Waals surface area contributed by atoms with Gasteiger partial charge in [0.25, 0.3) is 5.91 Å². The molecule has 0 saturated carbocycles. The molecule has 0 aliphatic carbocycles. The summed E-state index contributed by atoms with van der Waals surface area (Å²) >= 11 is 0. The van der Waals surface area contributed by atoms with Crippen LogP contribution in [0.3, 0.4) is 0 Å². The molecule has 7 nitrogen and oxygen atoms in total. The normalized spacial score (nSPS) is 18.5. The van der Waals surface area contributed by atoms with Crippen molar-refractivity contribution < 1.29 is 17.9 Å². The molecule has 1 N–H and O–H groups in total. The number of ether oxygens (including phenoxy) is 1. The summed E-state index contributed by atoms with van der Waals surface area (Å²) in [7, 11) is -1.82. The van der Waals surface area contributed by atoms with Gasteiger partial charge in [0, 0.05) is 30.8 Å². The number of hydrogen-bond acceptors (Lipinski definition) is 5. The molecule has 2 aromatic rings. The zero-order valence-corrected chi connectivity index (χ0v) is 19.3. The number of nitrogens with one attached hydrogen (secondary N) is 1. The first kappa shape index (κ1) is 22.8. The Balaban J connectivity index is 1.46. The lowest BCUT2D eigenvalue weighted by Gasteiger charge is -2.29. The molecule has 32 heavy (non-hydrogen) atoms. The molecule has 1 amide bonds. The number of nitrogens with zero attached hydrogens (tertiary/aromatic N) is 2. The molecule has 2 aromatic carbocycles. The average Bonchev–Trinajstić information content (AvgIpc) is 3.54. The maximum Gasteiger partial charge on any atom is 0.251 e. The second kappa shape index (κ2) is 10.0. The minimum Gasteiger partial charge on any atom is -0.496 e. The molecule has 0 aromatic heterocycles. The minimum atomic E-state index is -3.48. The van der Waals surface area contributed by atoms with Gasteiger partial charge in [0.15, 0.2) is 0 Å². The molecule has 0 unspecified atom stereocenters. The van der Waals surface area contributed by atoms with Gasteiger partial charge in [-0.3, -0.25) is 9.69 Å². The average molecular weight is 458 g/mol. The first-order valence-corrected chi connectivity index (χ1v) is 12.7. The SMILES string of the molecule is COc1ccccc1[C@@H](CNC(=O)c1ccc(S(=O)(=O)N2CCCC2)cc1)N1CCCC1. The quantitative estimate of drug-likeness (QED) is 0.659. The molecule has 172 valence electrons. The Morgan fingerprint density at radius 3 is 2.25 bits per heavy atom. The van der Waals surface area contributed by atoms with Crippen molar-refractivity contribution in [3.8, 4) is 5.75 Å². The van der Waals surface area contributed by atoms with E-state index >= 15 is 0 Å². The van der Waals surface area contributed by atoms with Crippen molar-refractivity contribution >= 4 is 15.9 Å². The summed E-state index contributed by atoms with van der Waals surface area (Å²) < 4.78 is 32.5. The predicted molar refractivity (Wildman–Crippen MR) is 123 cm³/mol. The first-order valence-electron chi connectivity index (χ1n) is 11.3. The van der Waals surface area contributed by atoms with Crippen molar-refractivity contribution in [1.82, 2.24) is 14.5 Å². The summed E-state index contributed by atoms with van der Waals surface area (Å²) in [4.78, 5) is 15.5. The van der Waals surface area contributed by atoms with Crippen LogP contribution < -0.4 is 10.1 Å². The summed E-state index contributed by atoms with van der Waals surface area (Å²) in [6.45, 7) is 3.55. The Kier molecular flexibility index (Phi) is 7.13. The highest BCUT2D eigenvalue weighted by Gasteiger charge is 2.28. The zero-order chi connectivity index (χ0) is 22.6. The molecular formula is C24H31N3O4S. The van der Waals surface area contributed by atoms with Crippen LogP contribution in [0.1, 0.15) is 47.6 Å². The van der Waals surface area contributed by atoms with Crippen molar-refractivity contribution in [2.75, 3.05) is 39.8 Å². The lowest BCUT2D eigenvalue weighted by molar-refractivity contribution is 0.0937. The van der Waals surface area contributed by atoms with Crippen LogP contribution in [0.4, 0.5) is 0 Å². The van der Waals surface area contributed by atoms with E-state index in [1.165, 1.54) is 16.4 Å². The van der Waals surface area contributed by atoms with E-state index in [1.54, 1.807) is 19.2 Å². The molecule has 2 aliphatic rings. The Bertz CT molecular complexity index is 1030. The molecule has 2 heterocycles. The van der Waals surface area contributed by atoms with Gasteiger partial charge >= 0.3 is 0 Å². The van der Waals surface area contributed by atoms with E-state index < -0.39 is 10.0 Å². The number of amides is 1. The van der Waals surface area contributed by atoms with Crippen LogP contribution in [0.2, 0.25) is 0 Å². The number of benzene rings is 2. The summed E-state index contributed by atoms with van der Waals surface area (Å²) in [5, 5.41) is 3.04. The van der Waals surface area contributed by atoms with E-state index in [0.717, 1.165) is 50.1 Å². The monoisotopic (exact) mass is 457 g/mol. The summed E-state index contributed by atoms with van der Waals surface area (Å²) in [5.41, 5.74) is 1.51. The number of likely N-dealkylation sites (tertiary alicyclic amines) is 1. The van der Waals surface area contributed by atoms with E-state index in [0.29, 0.717) is 25.2 Å². The van der Waals surface area contributed by atoms with Crippen molar-refractivity contribution in [2.45, 2.75) is 36.6 Å². The smallest absolute Gasteiger partial charge is 0.251 e. The van der Waals surface area contributed by atoms with E-state index in [-0.39, 0.29) is 16.8 Å². The van der Waals surface area contributed by atoms with E-state index in [4.69, 9.17) is 4.74 Å². The minimum absolute atomic E-state index is 0.0208. The molecule has 2 saturated heterocycles. The molecule has 2 fully saturated rings. The zero-order valence-electron chi connectivity index (χ0n) is 18.5. The van der Waals surface area contributed by atoms with Gasteiger partial charge in [-0.2, -0.15) is 4.31 Å². The topological polar surface area (TPSA) is 78.9 Å². The van der Waals surface area contributed by atoms with Gasteiger partial charge in [0.05, 0.1) is 18.0 Å². The maximum absolute atomic E-state index is 12.8. The van der Waals surface area contributed by atoms with E-state index in [1.807, 2.05) is 24.3 Å². The van der Waals surface area contributed by atoms with Crippen molar-refractivity contribution in [1.29, 1.82) is 0 Å².